The van der Waals surface area contributed by atoms with Crippen molar-refractivity contribution in [1.29, 1.82) is 0 Å². The van der Waals surface area contributed by atoms with Gasteiger partial charge < -0.3 is 9.40 Å². The fourth-order valence-electron chi connectivity index (χ4n) is 1.80. The summed E-state index contributed by atoms with van der Waals surface area (Å²) in [5, 5.41) is 1.21. The zero-order valence-corrected chi connectivity index (χ0v) is 12.4. The van der Waals surface area contributed by atoms with Crippen molar-refractivity contribution in [3.05, 3.63) is 48.4 Å². The van der Waals surface area contributed by atoms with E-state index in [1.54, 1.807) is 0 Å². The van der Waals surface area contributed by atoms with E-state index >= 15 is 0 Å². The molecular weight excluding hydrogens is 234 g/mol. The number of aromatic nitrogens is 1. The van der Waals surface area contributed by atoms with Crippen molar-refractivity contribution in [3.63, 3.8) is 0 Å². The van der Waals surface area contributed by atoms with Gasteiger partial charge in [-0.25, -0.2) is 0 Å². The quantitative estimate of drug-likeness (QED) is 0.587. The lowest BCUT2D eigenvalue weighted by molar-refractivity contribution is 0.548. The van der Waals surface area contributed by atoms with E-state index in [0.29, 0.717) is 0 Å². The van der Waals surface area contributed by atoms with Gasteiger partial charge in [0, 0.05) is 22.7 Å². The predicted octanol–water partition coefficient (Wildman–Crippen LogP) is 5.79. The van der Waals surface area contributed by atoms with Gasteiger partial charge in [-0.3, -0.25) is 0 Å². The number of benzene rings is 1. The zero-order chi connectivity index (χ0) is 14.3. The summed E-state index contributed by atoms with van der Waals surface area (Å²) in [4.78, 5) is 3.17. The highest BCUT2D eigenvalue weighted by atomic mass is 16.3. The van der Waals surface area contributed by atoms with Crippen LogP contribution in [0.2, 0.25) is 0 Å². The summed E-state index contributed by atoms with van der Waals surface area (Å²) in [6.07, 6.45) is 1.95. The summed E-state index contributed by atoms with van der Waals surface area (Å²) >= 11 is 0. The van der Waals surface area contributed by atoms with Crippen LogP contribution in [0.3, 0.4) is 0 Å². The first-order valence-corrected chi connectivity index (χ1v) is 6.97. The van der Waals surface area contributed by atoms with Gasteiger partial charge in [-0.15, -0.1) is 0 Å². The second kappa shape index (κ2) is 7.47. The van der Waals surface area contributed by atoms with Crippen molar-refractivity contribution in [2.75, 3.05) is 0 Å². The molecule has 102 valence electrons. The van der Waals surface area contributed by atoms with Crippen molar-refractivity contribution < 1.29 is 4.42 Å². The summed E-state index contributed by atoms with van der Waals surface area (Å²) in [6.45, 7) is 9.96. The highest BCUT2D eigenvalue weighted by molar-refractivity contribution is 5.84. The lowest BCUT2D eigenvalue weighted by Gasteiger charge is -1.97. The van der Waals surface area contributed by atoms with Gasteiger partial charge in [-0.2, -0.15) is 0 Å². The average Bonchev–Trinajstić information content (AvgIpc) is 3.11. The maximum atomic E-state index is 5.58. The van der Waals surface area contributed by atoms with Gasteiger partial charge in [-0.05, 0) is 43.3 Å². The molecular formula is C17H23NO. The molecule has 0 spiro atoms. The smallest absolute Gasteiger partial charge is 0.134 e. The van der Waals surface area contributed by atoms with Gasteiger partial charge in [-0.1, -0.05) is 27.7 Å². The summed E-state index contributed by atoms with van der Waals surface area (Å²) in [5.74, 6) is 1.87. The number of rotatable bonds is 1. The Morgan fingerprint density at radius 3 is 2.26 bits per heavy atom. The number of furan rings is 1. The van der Waals surface area contributed by atoms with E-state index in [2.05, 4.69) is 29.2 Å². The number of aromatic amines is 1. The largest absolute Gasteiger partial charge is 0.461 e. The lowest BCUT2D eigenvalue weighted by atomic mass is 10.1. The summed E-state index contributed by atoms with van der Waals surface area (Å²) < 4.78 is 5.58. The number of hydrogen-bond donors (Lipinski definition) is 1. The van der Waals surface area contributed by atoms with Crippen LogP contribution in [0.15, 0.2) is 47.0 Å². The lowest BCUT2D eigenvalue weighted by Crippen LogP contribution is -1.73. The standard InChI is InChI=1S/C13H11NO.2C2H6/c1-9-2-5-13(15-9)11-3-4-12-10(8-11)6-7-14-12;2*1-2/h2-8,14H,1H3;2*1-2H3. The molecule has 3 aromatic rings. The molecule has 2 nitrogen and oxygen atoms in total. The molecule has 0 aliphatic heterocycles. The monoisotopic (exact) mass is 257 g/mol. The van der Waals surface area contributed by atoms with Gasteiger partial charge in [0.25, 0.3) is 0 Å². The fourth-order valence-corrected chi connectivity index (χ4v) is 1.80. The van der Waals surface area contributed by atoms with E-state index < -0.39 is 0 Å². The van der Waals surface area contributed by atoms with Gasteiger partial charge in [0.15, 0.2) is 0 Å². The third-order valence-corrected chi connectivity index (χ3v) is 2.58. The van der Waals surface area contributed by atoms with Crippen LogP contribution >= 0.6 is 0 Å². The first-order chi connectivity index (χ1) is 9.33. The van der Waals surface area contributed by atoms with Crippen LogP contribution in [0.4, 0.5) is 0 Å². The second-order valence-corrected chi connectivity index (χ2v) is 3.69. The minimum atomic E-state index is 0.926. The van der Waals surface area contributed by atoms with Crippen LogP contribution in [-0.4, -0.2) is 4.98 Å². The maximum absolute atomic E-state index is 5.58. The normalized spacial score (nSPS) is 9.32. The van der Waals surface area contributed by atoms with E-state index in [1.807, 2.05) is 52.9 Å². The first kappa shape index (κ1) is 15.1. The molecule has 0 bridgehead atoms. The third kappa shape index (κ3) is 3.50. The number of H-pyrrole nitrogens is 1. The van der Waals surface area contributed by atoms with Crippen molar-refractivity contribution >= 4 is 10.9 Å². The number of fused-ring (bicyclic) bond motifs is 1. The summed E-state index contributed by atoms with van der Waals surface area (Å²) in [7, 11) is 0. The Hall–Kier alpha value is -1.96. The highest BCUT2D eigenvalue weighted by Crippen LogP contribution is 2.25. The Balaban J connectivity index is 0.000000415. The molecule has 0 fully saturated rings. The van der Waals surface area contributed by atoms with Gasteiger partial charge in [0.05, 0.1) is 0 Å². The molecule has 0 aliphatic carbocycles. The molecule has 2 heterocycles. The van der Waals surface area contributed by atoms with Gasteiger partial charge >= 0.3 is 0 Å². The van der Waals surface area contributed by atoms with Gasteiger partial charge in [0.1, 0.15) is 11.5 Å². The molecule has 0 atom stereocenters. The van der Waals surface area contributed by atoms with Crippen molar-refractivity contribution in [3.8, 4) is 11.3 Å². The van der Waals surface area contributed by atoms with Crippen LogP contribution in [0, 0.1) is 6.92 Å². The minimum absolute atomic E-state index is 0.926. The Labute approximate surface area is 115 Å². The number of aryl methyl sites for hydroxylation is 1. The molecule has 0 amide bonds. The molecule has 19 heavy (non-hydrogen) atoms. The molecule has 2 aromatic heterocycles. The summed E-state index contributed by atoms with van der Waals surface area (Å²) in [6, 6.07) is 12.3. The fraction of sp³-hybridized carbons (Fsp3) is 0.294. The number of hydrogen-bond acceptors (Lipinski definition) is 1. The van der Waals surface area contributed by atoms with Crippen molar-refractivity contribution in [2.24, 2.45) is 0 Å². The van der Waals surface area contributed by atoms with E-state index in [1.165, 1.54) is 5.39 Å². The van der Waals surface area contributed by atoms with Crippen molar-refractivity contribution in [1.82, 2.24) is 4.98 Å². The first-order valence-electron chi connectivity index (χ1n) is 6.97. The van der Waals surface area contributed by atoms with Crippen molar-refractivity contribution in [2.45, 2.75) is 34.6 Å². The van der Waals surface area contributed by atoms with E-state index in [9.17, 15) is 0 Å². The Bertz CT molecular complexity index is 604. The highest BCUT2D eigenvalue weighted by Gasteiger charge is 2.03. The number of nitrogens with one attached hydrogen (secondary N) is 1. The van der Waals surface area contributed by atoms with Crippen LogP contribution in [0.1, 0.15) is 33.5 Å². The van der Waals surface area contributed by atoms with E-state index in [-0.39, 0.29) is 0 Å². The molecule has 3 rings (SSSR count). The Kier molecular flexibility index (Phi) is 5.94. The van der Waals surface area contributed by atoms with E-state index in [0.717, 1.165) is 22.6 Å². The average molecular weight is 257 g/mol. The Morgan fingerprint density at radius 1 is 0.895 bits per heavy atom. The summed E-state index contributed by atoms with van der Waals surface area (Å²) in [5.41, 5.74) is 2.28. The molecule has 0 radical (unpaired) electrons. The van der Waals surface area contributed by atoms with Gasteiger partial charge in [0.2, 0.25) is 0 Å². The molecule has 0 saturated heterocycles. The topological polar surface area (TPSA) is 28.9 Å². The molecule has 0 unspecified atom stereocenters. The Morgan fingerprint density at radius 2 is 1.63 bits per heavy atom. The SMILES string of the molecule is CC.CC.Cc1ccc(-c2ccc3[nH]ccc3c2)o1. The maximum Gasteiger partial charge on any atom is 0.134 e. The minimum Gasteiger partial charge on any atom is -0.461 e. The van der Waals surface area contributed by atoms with Crippen LogP contribution < -0.4 is 0 Å². The zero-order valence-electron chi connectivity index (χ0n) is 12.4. The molecule has 0 aliphatic rings. The van der Waals surface area contributed by atoms with E-state index in [4.69, 9.17) is 4.42 Å². The molecule has 1 N–H and O–H groups in total. The second-order valence-electron chi connectivity index (χ2n) is 3.69. The molecule has 1 aromatic carbocycles. The van der Waals surface area contributed by atoms with Crippen LogP contribution in [0.5, 0.6) is 0 Å². The van der Waals surface area contributed by atoms with Crippen LogP contribution in [0.25, 0.3) is 22.2 Å². The van der Waals surface area contributed by atoms with Crippen LogP contribution in [-0.2, 0) is 0 Å². The molecule has 2 heteroatoms. The molecule has 0 saturated carbocycles. The predicted molar refractivity (Wildman–Crippen MR) is 83.4 cm³/mol. The third-order valence-electron chi connectivity index (χ3n) is 2.58.